The molecule has 0 saturated heterocycles. The second-order valence-corrected chi connectivity index (χ2v) is 4.04. The fourth-order valence-electron chi connectivity index (χ4n) is 1.78. The number of carboxylic acid groups (broad SMARTS) is 1. The molecule has 0 fully saturated rings. The lowest BCUT2D eigenvalue weighted by Gasteiger charge is -2.07. The van der Waals surface area contributed by atoms with Crippen molar-refractivity contribution < 1.29 is 23.8 Å². The van der Waals surface area contributed by atoms with Crippen molar-refractivity contribution in [3.63, 3.8) is 0 Å². The minimum absolute atomic E-state index is 0.146. The van der Waals surface area contributed by atoms with Crippen LogP contribution in [0.4, 0.5) is 8.78 Å². The Kier molecular flexibility index (Phi) is 3.46. The molecule has 0 amide bonds. The predicted octanol–water partition coefficient (Wildman–Crippen LogP) is 2.96. The molecule has 3 nitrogen and oxygen atoms in total. The van der Waals surface area contributed by atoms with Crippen LogP contribution in [0.5, 0.6) is 5.75 Å². The van der Waals surface area contributed by atoms with E-state index in [1.165, 1.54) is 24.3 Å². The molecule has 0 spiro atoms. The lowest BCUT2D eigenvalue weighted by atomic mass is 10.0. The molecule has 19 heavy (non-hydrogen) atoms. The summed E-state index contributed by atoms with van der Waals surface area (Å²) >= 11 is 0. The smallest absolute Gasteiger partial charge is 0.307 e. The molecule has 0 aliphatic carbocycles. The van der Waals surface area contributed by atoms with Gasteiger partial charge in [-0.1, -0.05) is 6.07 Å². The van der Waals surface area contributed by atoms with E-state index < -0.39 is 17.6 Å². The molecule has 0 unspecified atom stereocenters. The van der Waals surface area contributed by atoms with Gasteiger partial charge in [0.2, 0.25) is 0 Å². The van der Waals surface area contributed by atoms with Crippen LogP contribution in [0.3, 0.4) is 0 Å². The average molecular weight is 264 g/mol. The number of carboxylic acids is 1. The summed E-state index contributed by atoms with van der Waals surface area (Å²) in [5.74, 6) is -2.71. The Bertz CT molecular complexity index is 639. The lowest BCUT2D eigenvalue weighted by Crippen LogP contribution is -2.00. The summed E-state index contributed by atoms with van der Waals surface area (Å²) in [5.41, 5.74) is 0.702. The van der Waals surface area contributed by atoms with Crippen LogP contribution >= 0.6 is 0 Å². The maximum atomic E-state index is 13.6. The van der Waals surface area contributed by atoms with E-state index in [1.54, 1.807) is 0 Å². The quantitative estimate of drug-likeness (QED) is 0.896. The monoisotopic (exact) mass is 264 g/mol. The maximum Gasteiger partial charge on any atom is 0.307 e. The molecule has 98 valence electrons. The van der Waals surface area contributed by atoms with Crippen LogP contribution in [-0.2, 0) is 11.2 Å². The maximum absolute atomic E-state index is 13.6. The summed E-state index contributed by atoms with van der Waals surface area (Å²) in [5, 5.41) is 18.2. The average Bonchev–Trinajstić information content (AvgIpc) is 2.32. The Balaban J connectivity index is 2.48. The van der Waals surface area contributed by atoms with Gasteiger partial charge in [0.25, 0.3) is 0 Å². The van der Waals surface area contributed by atoms with E-state index in [2.05, 4.69) is 0 Å². The third-order valence-electron chi connectivity index (χ3n) is 2.66. The number of aliphatic carboxylic acids is 1. The summed E-state index contributed by atoms with van der Waals surface area (Å²) in [4.78, 5) is 10.6. The van der Waals surface area contributed by atoms with E-state index in [4.69, 9.17) is 5.11 Å². The van der Waals surface area contributed by atoms with Crippen LogP contribution < -0.4 is 0 Å². The first-order valence-corrected chi connectivity index (χ1v) is 5.46. The third kappa shape index (κ3) is 2.88. The summed E-state index contributed by atoms with van der Waals surface area (Å²) in [6, 6.07) is 7.23. The standard InChI is InChI=1S/C14H10F2O3/c15-10-2-3-11(12(16)7-10)8-1-4-13(17)9(5-8)6-14(18)19/h1-5,7,17H,6H2,(H,18,19). The number of carbonyl (C=O) groups is 1. The molecule has 0 aliphatic heterocycles. The molecule has 2 N–H and O–H groups in total. The van der Waals surface area contributed by atoms with E-state index >= 15 is 0 Å². The van der Waals surface area contributed by atoms with Gasteiger partial charge in [0.05, 0.1) is 6.42 Å². The summed E-state index contributed by atoms with van der Waals surface area (Å²) < 4.78 is 26.4. The Morgan fingerprint density at radius 1 is 1.11 bits per heavy atom. The Hall–Kier alpha value is -2.43. The van der Waals surface area contributed by atoms with Gasteiger partial charge in [-0.3, -0.25) is 4.79 Å². The number of hydrogen-bond donors (Lipinski definition) is 2. The second kappa shape index (κ2) is 5.06. The minimum Gasteiger partial charge on any atom is -0.508 e. The van der Waals surface area contributed by atoms with Crippen molar-refractivity contribution in [2.75, 3.05) is 0 Å². The first kappa shape index (κ1) is 13.0. The Labute approximate surface area is 107 Å². The third-order valence-corrected chi connectivity index (χ3v) is 2.66. The number of aromatic hydroxyl groups is 1. The van der Waals surface area contributed by atoms with Crippen LogP contribution in [-0.4, -0.2) is 16.2 Å². The fraction of sp³-hybridized carbons (Fsp3) is 0.0714. The molecule has 5 heteroatoms. The number of phenols is 1. The van der Waals surface area contributed by atoms with Crippen molar-refractivity contribution in [3.05, 3.63) is 53.6 Å². The van der Waals surface area contributed by atoms with Crippen molar-refractivity contribution in [2.24, 2.45) is 0 Å². The van der Waals surface area contributed by atoms with E-state index in [9.17, 15) is 18.7 Å². The molecule has 2 aromatic rings. The van der Waals surface area contributed by atoms with E-state index in [-0.39, 0.29) is 23.3 Å². The summed E-state index contributed by atoms with van der Waals surface area (Å²) in [6.07, 6.45) is -0.373. The number of benzene rings is 2. The van der Waals surface area contributed by atoms with Gasteiger partial charge in [0.1, 0.15) is 17.4 Å². The fourth-order valence-corrected chi connectivity index (χ4v) is 1.78. The van der Waals surface area contributed by atoms with Gasteiger partial charge in [-0.2, -0.15) is 0 Å². The normalized spacial score (nSPS) is 10.4. The number of halogens is 2. The molecular formula is C14H10F2O3. The molecule has 0 heterocycles. The lowest BCUT2D eigenvalue weighted by molar-refractivity contribution is -0.136. The van der Waals surface area contributed by atoms with Gasteiger partial charge < -0.3 is 10.2 Å². The minimum atomic E-state index is -1.10. The van der Waals surface area contributed by atoms with Crippen molar-refractivity contribution in [3.8, 4) is 16.9 Å². The van der Waals surface area contributed by atoms with Crippen LogP contribution in [0.25, 0.3) is 11.1 Å². The van der Waals surface area contributed by atoms with E-state index in [1.807, 2.05) is 0 Å². The van der Waals surface area contributed by atoms with Crippen molar-refractivity contribution in [1.82, 2.24) is 0 Å². The van der Waals surface area contributed by atoms with Crippen LogP contribution in [0.15, 0.2) is 36.4 Å². The zero-order valence-corrected chi connectivity index (χ0v) is 9.73. The van der Waals surface area contributed by atoms with E-state index in [0.29, 0.717) is 5.56 Å². The molecule has 0 bridgehead atoms. The highest BCUT2D eigenvalue weighted by molar-refractivity contribution is 5.74. The zero-order valence-electron chi connectivity index (χ0n) is 9.73. The van der Waals surface area contributed by atoms with Crippen molar-refractivity contribution >= 4 is 5.97 Å². The first-order chi connectivity index (χ1) is 8.97. The summed E-state index contributed by atoms with van der Waals surface area (Å²) in [6.45, 7) is 0. The van der Waals surface area contributed by atoms with Gasteiger partial charge in [0.15, 0.2) is 0 Å². The molecule has 0 saturated carbocycles. The van der Waals surface area contributed by atoms with Gasteiger partial charge in [-0.15, -0.1) is 0 Å². The van der Waals surface area contributed by atoms with Gasteiger partial charge in [-0.05, 0) is 29.8 Å². The van der Waals surface area contributed by atoms with Gasteiger partial charge >= 0.3 is 5.97 Å². The first-order valence-electron chi connectivity index (χ1n) is 5.46. The Morgan fingerprint density at radius 3 is 2.47 bits per heavy atom. The molecule has 0 aliphatic rings. The highest BCUT2D eigenvalue weighted by Crippen LogP contribution is 2.28. The number of rotatable bonds is 3. The van der Waals surface area contributed by atoms with Gasteiger partial charge in [-0.25, -0.2) is 8.78 Å². The number of phenolic OH excluding ortho intramolecular Hbond substituents is 1. The van der Waals surface area contributed by atoms with Crippen LogP contribution in [0.2, 0.25) is 0 Å². The molecule has 0 aromatic heterocycles. The van der Waals surface area contributed by atoms with Crippen LogP contribution in [0, 0.1) is 11.6 Å². The number of hydrogen-bond acceptors (Lipinski definition) is 2. The van der Waals surface area contributed by atoms with Crippen LogP contribution in [0.1, 0.15) is 5.56 Å². The zero-order chi connectivity index (χ0) is 14.0. The highest BCUT2D eigenvalue weighted by atomic mass is 19.1. The highest BCUT2D eigenvalue weighted by Gasteiger charge is 2.11. The second-order valence-electron chi connectivity index (χ2n) is 4.04. The molecule has 2 rings (SSSR count). The predicted molar refractivity (Wildman–Crippen MR) is 64.8 cm³/mol. The Morgan fingerprint density at radius 2 is 1.84 bits per heavy atom. The molecule has 0 atom stereocenters. The van der Waals surface area contributed by atoms with Crippen molar-refractivity contribution in [2.45, 2.75) is 6.42 Å². The van der Waals surface area contributed by atoms with Crippen molar-refractivity contribution in [1.29, 1.82) is 0 Å². The molecular weight excluding hydrogens is 254 g/mol. The molecule has 2 aromatic carbocycles. The summed E-state index contributed by atoms with van der Waals surface area (Å²) in [7, 11) is 0. The largest absolute Gasteiger partial charge is 0.508 e. The van der Waals surface area contributed by atoms with E-state index in [0.717, 1.165) is 12.1 Å². The topological polar surface area (TPSA) is 57.5 Å². The molecule has 0 radical (unpaired) electrons. The van der Waals surface area contributed by atoms with Gasteiger partial charge in [0, 0.05) is 17.2 Å². The SMILES string of the molecule is O=C(O)Cc1cc(-c2ccc(F)cc2F)ccc1O.